The first-order valence-electron chi connectivity index (χ1n) is 14.6. The van der Waals surface area contributed by atoms with E-state index < -0.39 is 24.9 Å². The number of nitrogens with zero attached hydrogens (tertiary/aromatic N) is 2. The van der Waals surface area contributed by atoms with Crippen LogP contribution in [0, 0.1) is 20.8 Å². The highest BCUT2D eigenvalue weighted by Crippen LogP contribution is 2.34. The fraction of sp³-hybridized carbons (Fsp3) is 0.484. The number of piperazine rings is 2. The van der Waals surface area contributed by atoms with Crippen LogP contribution in [0.5, 0.6) is 11.5 Å². The number of phenols is 2. The van der Waals surface area contributed by atoms with Gasteiger partial charge >= 0.3 is 12.4 Å². The summed E-state index contributed by atoms with van der Waals surface area (Å²) in [6, 6.07) is 5.68. The molecule has 2 amide bonds. The van der Waals surface area contributed by atoms with E-state index in [-0.39, 0.29) is 29.6 Å². The van der Waals surface area contributed by atoms with Crippen LogP contribution < -0.4 is 10.6 Å². The third-order valence-electron chi connectivity index (χ3n) is 8.27. The topological polar surface area (TPSA) is 139 Å². The first-order chi connectivity index (χ1) is 21.9. The molecule has 0 radical (unpaired) electrons. The lowest BCUT2D eigenvalue weighted by molar-refractivity contribution is -0.156. The molecule has 0 unspecified atom stereocenters. The van der Waals surface area contributed by atoms with Gasteiger partial charge in [0.15, 0.2) is 0 Å². The lowest BCUT2D eigenvalue weighted by Gasteiger charge is -2.41. The lowest BCUT2D eigenvalue weighted by atomic mass is 9.87. The van der Waals surface area contributed by atoms with Crippen molar-refractivity contribution in [2.75, 3.05) is 39.3 Å². The minimum Gasteiger partial charge on any atom is -0.508 e. The van der Waals surface area contributed by atoms with E-state index in [2.05, 4.69) is 10.6 Å². The monoisotopic (exact) mass is 674 g/mol. The number of nitrogens with one attached hydrogen (secondary N) is 2. The summed E-state index contributed by atoms with van der Waals surface area (Å²) in [5, 5.41) is 26.4. The van der Waals surface area contributed by atoms with Gasteiger partial charge in [0, 0.05) is 62.5 Å². The zero-order chi connectivity index (χ0) is 35.3. The molecule has 4 heterocycles. The summed E-state index contributed by atoms with van der Waals surface area (Å²) in [6.45, 7) is 10.6. The highest BCUT2D eigenvalue weighted by Gasteiger charge is 2.36. The zero-order valence-electron chi connectivity index (χ0n) is 25.9. The molecule has 16 heteroatoms. The largest absolute Gasteiger partial charge is 0.508 e. The number of hydrogen-bond donors (Lipinski definition) is 4. The normalized spacial score (nSPS) is 19.9. The Balaban J connectivity index is 0.000000192. The molecule has 0 saturated carbocycles. The molecule has 6 rings (SSSR count). The van der Waals surface area contributed by atoms with E-state index in [1.54, 1.807) is 12.1 Å². The van der Waals surface area contributed by atoms with Gasteiger partial charge in [-0.25, -0.2) is 0 Å². The van der Waals surface area contributed by atoms with Crippen LogP contribution in [-0.4, -0.2) is 108 Å². The molecule has 2 atom stereocenters. The van der Waals surface area contributed by atoms with Crippen LogP contribution in [0.25, 0.3) is 0 Å². The molecule has 0 aliphatic carbocycles. The molecule has 0 spiro atoms. The fourth-order valence-corrected chi connectivity index (χ4v) is 5.88. The van der Waals surface area contributed by atoms with Crippen LogP contribution >= 0.6 is 0 Å². The molecule has 4 aliphatic heterocycles. The van der Waals surface area contributed by atoms with Crippen molar-refractivity contribution in [2.24, 2.45) is 0 Å². The maximum atomic E-state index is 12.5. The van der Waals surface area contributed by atoms with Gasteiger partial charge in [0.25, 0.3) is 11.8 Å². The first-order valence-corrected chi connectivity index (χ1v) is 14.6. The van der Waals surface area contributed by atoms with Gasteiger partial charge in [-0.15, -0.1) is 0 Å². The molecular formula is C31H36F6N4O6. The predicted octanol–water partition coefficient (Wildman–Crippen LogP) is 3.15. The van der Waals surface area contributed by atoms with E-state index in [9.17, 15) is 46.1 Å². The Bertz CT molecular complexity index is 1480. The van der Waals surface area contributed by atoms with Crippen molar-refractivity contribution >= 4 is 24.4 Å². The zero-order valence-corrected chi connectivity index (χ0v) is 25.9. The molecule has 0 aromatic heterocycles. The summed E-state index contributed by atoms with van der Waals surface area (Å²) in [5.41, 5.74) is 6.07. The van der Waals surface area contributed by atoms with Crippen LogP contribution in [0.2, 0.25) is 0 Å². The summed E-state index contributed by atoms with van der Waals surface area (Å²) < 4.78 is 62.5. The number of aldehydes is 2. The third-order valence-corrected chi connectivity index (χ3v) is 8.27. The summed E-state index contributed by atoms with van der Waals surface area (Å²) in [7, 11) is 0. The number of aryl methyl sites for hydroxylation is 1. The molecule has 4 N–H and O–H groups in total. The Kier molecular flexibility index (Phi) is 12.0. The number of amides is 2. The molecule has 2 aromatic rings. The van der Waals surface area contributed by atoms with E-state index in [0.29, 0.717) is 5.75 Å². The predicted molar refractivity (Wildman–Crippen MR) is 157 cm³/mol. The SMILES string of the molecule is Cc1c(O)ccc2c1C[C@@H]1CNCCN1C2=O.Cc1cc2c(c(C)c1O)C[C@@H]1CNCCN1C2=O.O=CC(F)(F)F.O=CC(F)(F)F. The van der Waals surface area contributed by atoms with Crippen LogP contribution in [0.15, 0.2) is 18.2 Å². The molecule has 47 heavy (non-hydrogen) atoms. The Hall–Kier alpha value is -4.18. The average molecular weight is 675 g/mol. The van der Waals surface area contributed by atoms with Gasteiger partial charge in [0.05, 0.1) is 0 Å². The standard InChI is InChI=1S/C14H18N2O2.C13H16N2O2.2C2HF3O/c1-8-5-12-11(9(2)13(8)17)6-10-7-15-3-4-16(10)14(12)18;1-8-11-6-9-7-14-4-5-15(9)13(17)10(11)2-3-12(8)16;2*3-2(4,5)1-6/h5,10,15,17H,3-4,6-7H2,1-2H3;2-3,9,14,16H,4-7H2,1H3;2*1H/t10-;9-;;/m11../s1. The number of phenolic OH excluding ortho intramolecular Hbond substituents is 2. The minimum atomic E-state index is -4.64. The highest BCUT2D eigenvalue weighted by molar-refractivity contribution is 5.98. The fourth-order valence-electron chi connectivity index (χ4n) is 5.88. The second kappa shape index (κ2) is 15.2. The van der Waals surface area contributed by atoms with Gasteiger partial charge in [-0.1, -0.05) is 0 Å². The molecule has 10 nitrogen and oxygen atoms in total. The number of halogens is 6. The van der Waals surface area contributed by atoms with Gasteiger partial charge in [-0.2, -0.15) is 26.3 Å². The second-order valence-corrected chi connectivity index (χ2v) is 11.4. The van der Waals surface area contributed by atoms with Crippen LogP contribution in [0.3, 0.4) is 0 Å². The number of carbonyl (C=O) groups excluding carboxylic acids is 4. The summed E-state index contributed by atoms with van der Waals surface area (Å²) in [4.78, 5) is 46.1. The van der Waals surface area contributed by atoms with Crippen LogP contribution in [-0.2, 0) is 22.4 Å². The van der Waals surface area contributed by atoms with Crippen molar-refractivity contribution in [2.45, 2.75) is 58.0 Å². The van der Waals surface area contributed by atoms with Crippen LogP contribution in [0.1, 0.15) is 48.5 Å². The molecule has 2 aromatic carbocycles. The summed E-state index contributed by atoms with van der Waals surface area (Å²) in [6.07, 6.45) is -9.72. The van der Waals surface area contributed by atoms with Gasteiger partial charge in [0.2, 0.25) is 12.6 Å². The van der Waals surface area contributed by atoms with Crippen molar-refractivity contribution in [3.63, 3.8) is 0 Å². The first kappa shape index (κ1) is 37.3. The average Bonchev–Trinajstić information content (AvgIpc) is 3.03. The number of fused-ring (bicyclic) bond motifs is 4. The Labute approximate surface area is 266 Å². The summed E-state index contributed by atoms with van der Waals surface area (Å²) >= 11 is 0. The van der Waals surface area contributed by atoms with E-state index >= 15 is 0 Å². The van der Waals surface area contributed by atoms with Crippen molar-refractivity contribution in [3.05, 3.63) is 57.1 Å². The molecule has 258 valence electrons. The number of benzene rings is 2. The van der Waals surface area contributed by atoms with Crippen molar-refractivity contribution in [1.29, 1.82) is 0 Å². The Morgan fingerprint density at radius 2 is 1.17 bits per heavy atom. The molecular weight excluding hydrogens is 638 g/mol. The van der Waals surface area contributed by atoms with Gasteiger partial charge in [0.1, 0.15) is 11.5 Å². The second-order valence-electron chi connectivity index (χ2n) is 11.4. The highest BCUT2D eigenvalue weighted by atomic mass is 19.4. The lowest BCUT2D eigenvalue weighted by Crippen LogP contribution is -2.56. The van der Waals surface area contributed by atoms with E-state index in [4.69, 9.17) is 9.59 Å². The summed E-state index contributed by atoms with van der Waals surface area (Å²) in [5.74, 6) is 0.849. The van der Waals surface area contributed by atoms with Gasteiger partial charge in [-0.3, -0.25) is 19.2 Å². The molecule has 2 fully saturated rings. The van der Waals surface area contributed by atoms with Crippen molar-refractivity contribution in [3.8, 4) is 11.5 Å². The van der Waals surface area contributed by atoms with Gasteiger partial charge in [-0.05, 0) is 79.6 Å². The Morgan fingerprint density at radius 3 is 1.62 bits per heavy atom. The Morgan fingerprint density at radius 1 is 0.745 bits per heavy atom. The third kappa shape index (κ3) is 9.22. The van der Waals surface area contributed by atoms with Crippen molar-refractivity contribution in [1.82, 2.24) is 20.4 Å². The molecule has 2 saturated heterocycles. The maximum Gasteiger partial charge on any atom is 0.446 e. The quantitative estimate of drug-likeness (QED) is 0.247. The minimum absolute atomic E-state index is 0.112. The number of alkyl halides is 6. The maximum absolute atomic E-state index is 12.5. The number of aromatic hydroxyl groups is 2. The molecule has 0 bridgehead atoms. The molecule has 4 aliphatic rings. The number of hydrogen-bond acceptors (Lipinski definition) is 8. The number of rotatable bonds is 0. The van der Waals surface area contributed by atoms with E-state index in [1.165, 1.54) is 0 Å². The smallest absolute Gasteiger partial charge is 0.446 e. The van der Waals surface area contributed by atoms with Crippen molar-refractivity contribution < 1.29 is 55.7 Å². The van der Waals surface area contributed by atoms with E-state index in [1.807, 2.05) is 36.6 Å². The van der Waals surface area contributed by atoms with Gasteiger partial charge < -0.3 is 30.6 Å². The van der Waals surface area contributed by atoms with E-state index in [0.717, 1.165) is 91.1 Å². The van der Waals surface area contributed by atoms with Crippen LogP contribution in [0.4, 0.5) is 26.3 Å². The number of carbonyl (C=O) groups is 4.